The second-order valence-electron chi connectivity index (χ2n) is 5.36. The first-order valence-corrected chi connectivity index (χ1v) is 8.12. The fourth-order valence-electron chi connectivity index (χ4n) is 2.41. The van der Waals surface area contributed by atoms with Gasteiger partial charge in [-0.15, -0.1) is 13.2 Å². The molecule has 2 aromatic carbocycles. The predicted octanol–water partition coefficient (Wildman–Crippen LogP) is 4.38. The third kappa shape index (κ3) is 5.37. The topological polar surface area (TPSA) is 6.48 Å². The maximum Gasteiger partial charge on any atom is 0.0798 e. The van der Waals surface area contributed by atoms with Crippen molar-refractivity contribution in [2.45, 2.75) is 0 Å². The molecule has 0 N–H and O–H groups in total. The molecule has 0 bridgehead atoms. The number of hydrogen-bond donors (Lipinski definition) is 0. The highest BCUT2D eigenvalue weighted by molar-refractivity contribution is 5.49. The summed E-state index contributed by atoms with van der Waals surface area (Å²) < 4.78 is 0. The lowest BCUT2D eigenvalue weighted by molar-refractivity contribution is 0.957. The summed E-state index contributed by atoms with van der Waals surface area (Å²) in [6.45, 7) is 10.6. The fourth-order valence-corrected chi connectivity index (χ4v) is 2.41. The summed E-state index contributed by atoms with van der Waals surface area (Å²) in [6, 6.07) is 20.6. The van der Waals surface area contributed by atoms with Gasteiger partial charge in [-0.2, -0.15) is 0 Å². The van der Waals surface area contributed by atoms with E-state index in [1.807, 2.05) is 48.6 Å². The summed E-state index contributed by atoms with van der Waals surface area (Å²) in [5, 5.41) is 0. The smallest absolute Gasteiger partial charge is 0.0798 e. The predicted molar refractivity (Wildman–Crippen MR) is 105 cm³/mol. The standard InChI is InChI=1S/C22H24N2/c1-3-17-23(21-13-7-5-8-14-21)19-11-12-20-24(18-4-2)22-15-9-6-10-16-22/h3-10,13-16H,1-2,17-20H2. The molecule has 0 radical (unpaired) electrons. The Morgan fingerprint density at radius 3 is 1.38 bits per heavy atom. The number of benzene rings is 2. The molecule has 0 aliphatic rings. The van der Waals surface area contributed by atoms with E-state index in [1.165, 1.54) is 0 Å². The number of hydrogen-bond acceptors (Lipinski definition) is 2. The highest BCUT2D eigenvalue weighted by atomic mass is 15.1. The van der Waals surface area contributed by atoms with E-state index in [0.29, 0.717) is 13.1 Å². The van der Waals surface area contributed by atoms with Gasteiger partial charge in [0.1, 0.15) is 0 Å². The molecule has 0 atom stereocenters. The van der Waals surface area contributed by atoms with Crippen molar-refractivity contribution in [2.75, 3.05) is 36.0 Å². The molecule has 2 aromatic rings. The van der Waals surface area contributed by atoms with E-state index in [4.69, 9.17) is 0 Å². The van der Waals surface area contributed by atoms with E-state index < -0.39 is 0 Å². The molecular weight excluding hydrogens is 292 g/mol. The van der Waals surface area contributed by atoms with Crippen molar-refractivity contribution in [3.63, 3.8) is 0 Å². The Morgan fingerprint density at radius 2 is 1.04 bits per heavy atom. The molecule has 0 saturated carbocycles. The summed E-state index contributed by atoms with van der Waals surface area (Å²) in [7, 11) is 0. The number of anilines is 2. The summed E-state index contributed by atoms with van der Waals surface area (Å²) in [6.07, 6.45) is 3.81. The van der Waals surface area contributed by atoms with Gasteiger partial charge in [0.05, 0.1) is 13.1 Å². The van der Waals surface area contributed by atoms with Crippen molar-refractivity contribution in [3.8, 4) is 11.8 Å². The zero-order chi connectivity index (χ0) is 17.0. The molecule has 0 heterocycles. The lowest BCUT2D eigenvalue weighted by atomic mass is 10.2. The SMILES string of the molecule is C=CCN(CC#CCN(CC=C)c1ccccc1)c1ccccc1. The molecule has 0 aromatic heterocycles. The van der Waals surface area contributed by atoms with Crippen LogP contribution < -0.4 is 9.80 Å². The van der Waals surface area contributed by atoms with Crippen molar-refractivity contribution >= 4 is 11.4 Å². The van der Waals surface area contributed by atoms with Gasteiger partial charge >= 0.3 is 0 Å². The lowest BCUT2D eigenvalue weighted by Crippen LogP contribution is -2.25. The molecule has 0 saturated heterocycles. The monoisotopic (exact) mass is 316 g/mol. The quantitative estimate of drug-likeness (QED) is 0.527. The van der Waals surface area contributed by atoms with Crippen LogP contribution in [0.3, 0.4) is 0 Å². The normalized spacial score (nSPS) is 9.50. The van der Waals surface area contributed by atoms with E-state index in [2.05, 4.69) is 59.1 Å². The molecule has 24 heavy (non-hydrogen) atoms. The number of para-hydroxylation sites is 2. The molecule has 0 unspecified atom stereocenters. The molecule has 0 spiro atoms. The Balaban J connectivity index is 1.99. The van der Waals surface area contributed by atoms with E-state index in [1.54, 1.807) is 0 Å². The Kier molecular flexibility index (Phi) is 7.24. The fraction of sp³-hybridized carbons (Fsp3) is 0.182. The van der Waals surface area contributed by atoms with Gasteiger partial charge in [0.15, 0.2) is 0 Å². The van der Waals surface area contributed by atoms with E-state index in [9.17, 15) is 0 Å². The highest BCUT2D eigenvalue weighted by Gasteiger charge is 2.03. The van der Waals surface area contributed by atoms with E-state index >= 15 is 0 Å². The van der Waals surface area contributed by atoms with Crippen LogP contribution >= 0.6 is 0 Å². The third-order valence-corrected chi connectivity index (χ3v) is 3.61. The van der Waals surface area contributed by atoms with Gasteiger partial charge in [0, 0.05) is 24.5 Å². The molecule has 0 aliphatic heterocycles. The second-order valence-corrected chi connectivity index (χ2v) is 5.36. The van der Waals surface area contributed by atoms with Crippen LogP contribution in [0.1, 0.15) is 0 Å². The van der Waals surface area contributed by atoms with Gasteiger partial charge in [-0.25, -0.2) is 0 Å². The van der Waals surface area contributed by atoms with Crippen molar-refractivity contribution < 1.29 is 0 Å². The van der Waals surface area contributed by atoms with Gasteiger partial charge in [-0.3, -0.25) is 0 Å². The molecule has 0 amide bonds. The van der Waals surface area contributed by atoms with Crippen LogP contribution in [0.5, 0.6) is 0 Å². The van der Waals surface area contributed by atoms with Gasteiger partial charge < -0.3 is 9.80 Å². The van der Waals surface area contributed by atoms with Crippen LogP contribution in [0.4, 0.5) is 11.4 Å². The third-order valence-electron chi connectivity index (χ3n) is 3.61. The first kappa shape index (κ1) is 17.4. The van der Waals surface area contributed by atoms with Crippen molar-refractivity contribution in [2.24, 2.45) is 0 Å². The van der Waals surface area contributed by atoms with Crippen molar-refractivity contribution in [3.05, 3.63) is 86.0 Å². The van der Waals surface area contributed by atoms with E-state index in [0.717, 1.165) is 24.5 Å². The van der Waals surface area contributed by atoms with Crippen molar-refractivity contribution in [1.82, 2.24) is 0 Å². The molecular formula is C22H24N2. The summed E-state index contributed by atoms with van der Waals surface area (Å²) in [5.41, 5.74) is 2.33. The minimum Gasteiger partial charge on any atom is -0.357 e. The molecule has 2 heteroatoms. The van der Waals surface area contributed by atoms with Gasteiger partial charge in [-0.05, 0) is 24.3 Å². The molecule has 0 fully saturated rings. The average Bonchev–Trinajstić information content (AvgIpc) is 2.64. The maximum absolute atomic E-state index is 3.84. The molecule has 2 nitrogen and oxygen atoms in total. The van der Waals surface area contributed by atoms with Crippen molar-refractivity contribution in [1.29, 1.82) is 0 Å². The average molecular weight is 316 g/mol. The lowest BCUT2D eigenvalue weighted by Gasteiger charge is -2.21. The first-order chi connectivity index (χ1) is 11.8. The second kappa shape index (κ2) is 9.97. The number of nitrogens with zero attached hydrogens (tertiary/aromatic N) is 2. The Bertz CT molecular complexity index is 621. The van der Waals surface area contributed by atoms with Gasteiger partial charge in [-0.1, -0.05) is 60.4 Å². The van der Waals surface area contributed by atoms with Gasteiger partial charge in [0.2, 0.25) is 0 Å². The first-order valence-electron chi connectivity index (χ1n) is 8.12. The Hall–Kier alpha value is -2.92. The number of rotatable bonds is 8. The van der Waals surface area contributed by atoms with Crippen LogP contribution in [0.25, 0.3) is 0 Å². The minimum atomic E-state index is 0.687. The molecule has 122 valence electrons. The van der Waals surface area contributed by atoms with Gasteiger partial charge in [0.25, 0.3) is 0 Å². The van der Waals surface area contributed by atoms with Crippen LogP contribution in [-0.2, 0) is 0 Å². The minimum absolute atomic E-state index is 0.687. The Morgan fingerprint density at radius 1 is 0.667 bits per heavy atom. The van der Waals surface area contributed by atoms with Crippen LogP contribution in [-0.4, -0.2) is 26.2 Å². The zero-order valence-corrected chi connectivity index (χ0v) is 14.1. The summed E-state index contributed by atoms with van der Waals surface area (Å²) in [4.78, 5) is 4.42. The zero-order valence-electron chi connectivity index (χ0n) is 14.1. The highest BCUT2D eigenvalue weighted by Crippen LogP contribution is 2.13. The molecule has 0 aliphatic carbocycles. The Labute approximate surface area is 145 Å². The van der Waals surface area contributed by atoms with E-state index in [-0.39, 0.29) is 0 Å². The largest absolute Gasteiger partial charge is 0.357 e. The summed E-state index contributed by atoms with van der Waals surface area (Å²) in [5.74, 6) is 6.56. The van der Waals surface area contributed by atoms with Crippen LogP contribution in [0.15, 0.2) is 86.0 Å². The van der Waals surface area contributed by atoms with Crippen LogP contribution in [0, 0.1) is 11.8 Å². The molecule has 2 rings (SSSR count). The maximum atomic E-state index is 3.84. The van der Waals surface area contributed by atoms with Crippen LogP contribution in [0.2, 0.25) is 0 Å². The summed E-state index contributed by atoms with van der Waals surface area (Å²) >= 11 is 0.